The Labute approximate surface area is 187 Å². The van der Waals surface area contributed by atoms with Crippen molar-refractivity contribution in [2.45, 2.75) is 46.6 Å². The molecule has 0 bridgehead atoms. The van der Waals surface area contributed by atoms with Gasteiger partial charge < -0.3 is 14.0 Å². The van der Waals surface area contributed by atoms with Crippen LogP contribution in [0.4, 0.5) is 0 Å². The fourth-order valence-corrected chi connectivity index (χ4v) is 4.86. The van der Waals surface area contributed by atoms with Crippen LogP contribution in [0.3, 0.4) is 0 Å². The Morgan fingerprint density at radius 3 is 2.68 bits per heavy atom. The van der Waals surface area contributed by atoms with Gasteiger partial charge in [0.1, 0.15) is 5.75 Å². The molecular weight excluding hydrogens is 408 g/mol. The summed E-state index contributed by atoms with van der Waals surface area (Å²) in [4.78, 5) is 17.3. The number of ether oxygens (including phenoxy) is 2. The third-order valence-corrected chi connectivity index (χ3v) is 6.72. The number of hydrogen-bond acceptors (Lipinski definition) is 5. The number of benzene rings is 1. The Hall–Kier alpha value is -2.44. The third-order valence-electron chi connectivity index (χ3n) is 5.95. The summed E-state index contributed by atoms with van der Waals surface area (Å²) < 4.78 is 13.7. The number of methoxy groups -OCH3 is 1. The molecule has 0 saturated carbocycles. The van der Waals surface area contributed by atoms with E-state index in [0.717, 1.165) is 51.7 Å². The molecule has 6 heteroatoms. The molecule has 3 heterocycles. The summed E-state index contributed by atoms with van der Waals surface area (Å²) in [5.74, 6) is 1.30. The second kappa shape index (κ2) is 8.97. The highest BCUT2D eigenvalue weighted by Gasteiger charge is 2.28. The van der Waals surface area contributed by atoms with E-state index in [4.69, 9.17) is 14.5 Å². The van der Waals surface area contributed by atoms with Crippen molar-refractivity contribution in [2.75, 3.05) is 20.3 Å². The summed E-state index contributed by atoms with van der Waals surface area (Å²) in [6.45, 7) is 9.63. The molecular formula is C25H30N2O3S. The van der Waals surface area contributed by atoms with Crippen LogP contribution in [0.1, 0.15) is 42.4 Å². The first-order chi connectivity index (χ1) is 14.9. The zero-order valence-electron chi connectivity index (χ0n) is 18.9. The summed E-state index contributed by atoms with van der Waals surface area (Å²) in [5.41, 5.74) is 6.05. The smallest absolute Gasteiger partial charge is 0.185 e. The van der Waals surface area contributed by atoms with Crippen molar-refractivity contribution in [1.29, 1.82) is 0 Å². The lowest BCUT2D eigenvalue weighted by Gasteiger charge is -2.34. The van der Waals surface area contributed by atoms with Crippen molar-refractivity contribution in [2.24, 2.45) is 5.92 Å². The Balaban J connectivity index is 1.87. The average Bonchev–Trinajstić information content (AvgIpc) is 3.17. The first-order valence-electron chi connectivity index (χ1n) is 10.8. The lowest BCUT2D eigenvalue weighted by molar-refractivity contribution is 0.172. The van der Waals surface area contributed by atoms with E-state index in [-0.39, 0.29) is 5.43 Å². The topological polar surface area (TPSA) is 53.4 Å². The lowest BCUT2D eigenvalue weighted by Crippen LogP contribution is -2.26. The molecule has 3 aromatic rings. The van der Waals surface area contributed by atoms with Crippen LogP contribution in [-0.2, 0) is 11.2 Å². The van der Waals surface area contributed by atoms with Gasteiger partial charge in [-0.25, -0.2) is 4.98 Å². The van der Waals surface area contributed by atoms with Crippen molar-refractivity contribution in [3.63, 3.8) is 0 Å². The van der Waals surface area contributed by atoms with E-state index >= 15 is 0 Å². The Morgan fingerprint density at radius 2 is 2.00 bits per heavy atom. The Kier molecular flexibility index (Phi) is 6.30. The van der Waals surface area contributed by atoms with E-state index in [1.165, 1.54) is 5.56 Å². The van der Waals surface area contributed by atoms with Crippen LogP contribution in [0.2, 0.25) is 0 Å². The molecule has 0 spiro atoms. The summed E-state index contributed by atoms with van der Waals surface area (Å²) in [7, 11) is 1.70. The lowest BCUT2D eigenvalue weighted by atomic mass is 9.86. The molecule has 31 heavy (non-hydrogen) atoms. The molecule has 0 saturated heterocycles. The first-order valence-corrected chi connectivity index (χ1v) is 11.7. The minimum absolute atomic E-state index is 0.0764. The van der Waals surface area contributed by atoms with Crippen molar-refractivity contribution in [3.05, 3.63) is 56.1 Å². The summed E-state index contributed by atoms with van der Waals surface area (Å²) in [5, 5.41) is 3.09. The van der Waals surface area contributed by atoms with E-state index in [0.29, 0.717) is 25.2 Å². The summed E-state index contributed by atoms with van der Waals surface area (Å²) in [6, 6.07) is 6.41. The Bertz CT molecular complexity index is 1150. The average molecular weight is 439 g/mol. The van der Waals surface area contributed by atoms with E-state index in [9.17, 15) is 4.79 Å². The third kappa shape index (κ3) is 4.32. The number of aromatic nitrogens is 2. The van der Waals surface area contributed by atoms with Crippen LogP contribution in [0, 0.1) is 19.8 Å². The largest absolute Gasteiger partial charge is 0.493 e. The van der Waals surface area contributed by atoms with E-state index < -0.39 is 0 Å². The first kappa shape index (κ1) is 21.8. The van der Waals surface area contributed by atoms with Crippen molar-refractivity contribution in [3.8, 4) is 28.3 Å². The van der Waals surface area contributed by atoms with Crippen LogP contribution in [0.15, 0.2) is 34.6 Å². The zero-order chi connectivity index (χ0) is 22.1. The fourth-order valence-electron chi connectivity index (χ4n) is 4.25. The number of nitrogens with zero attached hydrogens (tertiary/aromatic N) is 2. The maximum absolute atomic E-state index is 12.5. The fraction of sp³-hybridized carbons (Fsp3) is 0.440. The van der Waals surface area contributed by atoms with Crippen molar-refractivity contribution >= 4 is 11.3 Å². The summed E-state index contributed by atoms with van der Waals surface area (Å²) in [6.07, 6.45) is 3.76. The van der Waals surface area contributed by atoms with Crippen LogP contribution in [0.25, 0.3) is 22.5 Å². The molecule has 1 aliphatic rings. The number of thiazole rings is 1. The van der Waals surface area contributed by atoms with Gasteiger partial charge in [0.15, 0.2) is 5.43 Å². The molecule has 0 aliphatic carbocycles. The second-order valence-electron chi connectivity index (χ2n) is 8.58. The number of fused-ring (bicyclic) bond motifs is 3. The SMILES string of the molecule is COCCCOc1cc2c(cc1-c1csc(C)n1)-c1cc(=O)c(C)cn1C(C(C)C)C2. The van der Waals surface area contributed by atoms with Gasteiger partial charge in [-0.2, -0.15) is 0 Å². The van der Waals surface area contributed by atoms with Crippen molar-refractivity contribution in [1.82, 2.24) is 9.55 Å². The maximum Gasteiger partial charge on any atom is 0.185 e. The highest BCUT2D eigenvalue weighted by molar-refractivity contribution is 7.09. The number of rotatable bonds is 7. The second-order valence-corrected chi connectivity index (χ2v) is 9.64. The van der Waals surface area contributed by atoms with Gasteiger partial charge >= 0.3 is 0 Å². The number of pyridine rings is 1. The zero-order valence-corrected chi connectivity index (χ0v) is 19.7. The molecule has 0 radical (unpaired) electrons. The predicted molar refractivity (Wildman–Crippen MR) is 126 cm³/mol. The molecule has 1 atom stereocenters. The van der Waals surface area contributed by atoms with Crippen LogP contribution in [-0.4, -0.2) is 29.9 Å². The van der Waals surface area contributed by atoms with E-state index in [2.05, 4.69) is 35.9 Å². The molecule has 4 rings (SSSR count). The van der Waals surface area contributed by atoms with E-state index in [1.807, 2.05) is 20.0 Å². The minimum Gasteiger partial charge on any atom is -0.493 e. The van der Waals surface area contributed by atoms with Gasteiger partial charge in [0, 0.05) is 60.5 Å². The summed E-state index contributed by atoms with van der Waals surface area (Å²) >= 11 is 1.63. The van der Waals surface area contributed by atoms with Crippen LogP contribution < -0.4 is 10.2 Å². The predicted octanol–water partition coefficient (Wildman–Crippen LogP) is 5.42. The number of aryl methyl sites for hydroxylation is 2. The van der Waals surface area contributed by atoms with Crippen LogP contribution >= 0.6 is 11.3 Å². The molecule has 0 N–H and O–H groups in total. The Morgan fingerprint density at radius 1 is 1.19 bits per heavy atom. The van der Waals surface area contributed by atoms with Crippen molar-refractivity contribution < 1.29 is 9.47 Å². The quantitative estimate of drug-likeness (QED) is 0.462. The van der Waals surface area contributed by atoms with Gasteiger partial charge in [0.05, 0.1) is 23.0 Å². The molecule has 5 nitrogen and oxygen atoms in total. The normalized spacial score (nSPS) is 15.1. The van der Waals surface area contributed by atoms with Gasteiger partial charge in [0.25, 0.3) is 0 Å². The molecule has 1 aromatic carbocycles. The number of hydrogen-bond donors (Lipinski definition) is 0. The van der Waals surface area contributed by atoms with E-state index in [1.54, 1.807) is 24.5 Å². The van der Waals surface area contributed by atoms with Gasteiger partial charge in [-0.1, -0.05) is 13.8 Å². The molecule has 1 aliphatic heterocycles. The van der Waals surface area contributed by atoms with Gasteiger partial charge in [-0.05, 0) is 43.9 Å². The molecule has 164 valence electrons. The van der Waals surface area contributed by atoms with Gasteiger partial charge in [-0.3, -0.25) is 4.79 Å². The maximum atomic E-state index is 12.5. The molecule has 2 aromatic heterocycles. The minimum atomic E-state index is 0.0764. The van der Waals surface area contributed by atoms with Gasteiger partial charge in [0.2, 0.25) is 0 Å². The van der Waals surface area contributed by atoms with Crippen LogP contribution in [0.5, 0.6) is 5.75 Å². The highest BCUT2D eigenvalue weighted by Crippen LogP contribution is 2.43. The van der Waals surface area contributed by atoms with Gasteiger partial charge in [-0.15, -0.1) is 11.3 Å². The highest BCUT2D eigenvalue weighted by atomic mass is 32.1. The molecule has 0 amide bonds. The monoisotopic (exact) mass is 438 g/mol. The standard InChI is InChI=1S/C25H30N2O3S/c1-15(2)22-9-18-10-25(30-8-6-7-29-5)20(21-14-31-17(4)26-21)11-19(18)23-12-24(28)16(3)13-27(22)23/h10-15,22H,6-9H2,1-5H3. The molecule has 1 unspecified atom stereocenters. The molecule has 0 fully saturated rings.